The smallest absolute Gasteiger partial charge is 0.229 e. The molecule has 0 aliphatic carbocycles. The second-order valence-corrected chi connectivity index (χ2v) is 5.88. The lowest BCUT2D eigenvalue weighted by Gasteiger charge is -2.13. The van der Waals surface area contributed by atoms with Gasteiger partial charge >= 0.3 is 0 Å². The average Bonchev–Trinajstić information content (AvgIpc) is 2.59. The van der Waals surface area contributed by atoms with Gasteiger partial charge in [0.15, 0.2) is 0 Å². The molecule has 3 rings (SSSR count). The number of methoxy groups -OCH3 is 1. The molecule has 0 spiro atoms. The largest absolute Gasteiger partial charge is 0.378 e. The fourth-order valence-electron chi connectivity index (χ4n) is 2.52. The fraction of sp³-hybridized carbons (Fsp3) is 0.200. The van der Waals surface area contributed by atoms with Crippen LogP contribution < -0.4 is 10.6 Å². The summed E-state index contributed by atoms with van der Waals surface area (Å²) >= 11 is 0. The van der Waals surface area contributed by atoms with E-state index in [2.05, 4.69) is 33.6 Å². The van der Waals surface area contributed by atoms with Crippen molar-refractivity contribution in [2.75, 3.05) is 17.7 Å². The molecule has 0 saturated heterocycles. The predicted molar refractivity (Wildman–Crippen MR) is 109 cm³/mol. The van der Waals surface area contributed by atoms with Crippen LogP contribution in [0.15, 0.2) is 54.6 Å². The third-order valence-electron chi connectivity index (χ3n) is 3.87. The van der Waals surface area contributed by atoms with Crippen LogP contribution in [0.2, 0.25) is 0 Å². The van der Waals surface area contributed by atoms with Gasteiger partial charge in [0.25, 0.3) is 0 Å². The van der Waals surface area contributed by atoms with Gasteiger partial charge in [0, 0.05) is 24.6 Å². The van der Waals surface area contributed by atoms with E-state index in [1.54, 1.807) is 7.11 Å². The summed E-state index contributed by atoms with van der Waals surface area (Å²) < 4.78 is 5.24. The molecule has 26 heavy (non-hydrogen) atoms. The lowest BCUT2D eigenvalue weighted by atomic mass is 10.2. The van der Waals surface area contributed by atoms with Gasteiger partial charge in [0.05, 0.1) is 12.3 Å². The lowest BCUT2D eigenvalue weighted by molar-refractivity contribution is 0.181. The van der Waals surface area contributed by atoms with Crippen LogP contribution in [0.3, 0.4) is 0 Å². The molecule has 6 heteroatoms. The minimum Gasteiger partial charge on any atom is -0.378 e. The first-order chi connectivity index (χ1) is 12.2. The second kappa shape index (κ2) is 9.17. The van der Waals surface area contributed by atoms with E-state index in [4.69, 9.17) is 4.74 Å². The van der Waals surface area contributed by atoms with Crippen molar-refractivity contribution in [3.05, 3.63) is 71.4 Å². The van der Waals surface area contributed by atoms with Crippen molar-refractivity contribution in [3.8, 4) is 0 Å². The van der Waals surface area contributed by atoms with Crippen molar-refractivity contribution < 1.29 is 4.74 Å². The highest BCUT2D eigenvalue weighted by atomic mass is 35.5. The monoisotopic (exact) mass is 370 g/mol. The first-order valence-corrected chi connectivity index (χ1v) is 8.18. The Bertz CT molecular complexity index is 804. The van der Waals surface area contributed by atoms with Gasteiger partial charge in [-0.25, -0.2) is 4.98 Å². The lowest BCUT2D eigenvalue weighted by Crippen LogP contribution is -2.05. The maximum atomic E-state index is 5.24. The number of halogens is 1. The van der Waals surface area contributed by atoms with Crippen LogP contribution in [0, 0.1) is 13.8 Å². The first kappa shape index (κ1) is 19.7. The highest BCUT2D eigenvalue weighted by molar-refractivity contribution is 5.85. The van der Waals surface area contributed by atoms with E-state index in [9.17, 15) is 0 Å². The van der Waals surface area contributed by atoms with Gasteiger partial charge in [-0.1, -0.05) is 36.4 Å². The zero-order chi connectivity index (χ0) is 17.6. The van der Waals surface area contributed by atoms with Crippen LogP contribution in [0.4, 0.5) is 23.1 Å². The summed E-state index contributed by atoms with van der Waals surface area (Å²) in [5.74, 6) is 1.27. The maximum Gasteiger partial charge on any atom is 0.229 e. The van der Waals surface area contributed by atoms with Crippen LogP contribution >= 0.6 is 12.4 Å². The molecule has 5 nitrogen and oxygen atoms in total. The van der Waals surface area contributed by atoms with E-state index in [0.29, 0.717) is 12.6 Å². The Hall–Kier alpha value is -2.63. The molecule has 0 amide bonds. The first-order valence-electron chi connectivity index (χ1n) is 8.18. The molecule has 0 aliphatic heterocycles. The van der Waals surface area contributed by atoms with E-state index < -0.39 is 0 Å². The summed E-state index contributed by atoms with van der Waals surface area (Å²) in [4.78, 5) is 9.14. The van der Waals surface area contributed by atoms with Crippen LogP contribution in [0.25, 0.3) is 0 Å². The Balaban J connectivity index is 0.00000243. The number of nitrogens with zero attached hydrogens (tertiary/aromatic N) is 2. The number of aromatic nitrogens is 2. The number of hydrogen-bond donors (Lipinski definition) is 2. The Morgan fingerprint density at radius 3 is 2.00 bits per heavy atom. The molecule has 2 aromatic carbocycles. The highest BCUT2D eigenvalue weighted by Gasteiger charge is 2.08. The summed E-state index contributed by atoms with van der Waals surface area (Å²) in [6, 6.07) is 18.1. The summed E-state index contributed by atoms with van der Waals surface area (Å²) in [5.41, 5.74) is 5.11. The van der Waals surface area contributed by atoms with Gasteiger partial charge in [-0.05, 0) is 37.1 Å². The van der Waals surface area contributed by atoms with Gasteiger partial charge in [0.1, 0.15) is 5.82 Å². The number of ether oxygens (including phenoxy) is 1. The van der Waals surface area contributed by atoms with E-state index in [-0.39, 0.29) is 12.4 Å². The third-order valence-corrected chi connectivity index (χ3v) is 3.87. The molecule has 0 aliphatic rings. The molecule has 136 valence electrons. The third kappa shape index (κ3) is 4.94. The van der Waals surface area contributed by atoms with Crippen molar-refractivity contribution in [2.24, 2.45) is 0 Å². The van der Waals surface area contributed by atoms with Crippen molar-refractivity contribution in [2.45, 2.75) is 20.5 Å². The number of benzene rings is 2. The summed E-state index contributed by atoms with van der Waals surface area (Å²) in [6.45, 7) is 4.54. The minimum atomic E-state index is 0. The topological polar surface area (TPSA) is 59.1 Å². The Morgan fingerprint density at radius 2 is 1.42 bits per heavy atom. The number of anilines is 4. The number of aryl methyl sites for hydroxylation is 2. The number of nitrogens with one attached hydrogen (secondary N) is 2. The van der Waals surface area contributed by atoms with Gasteiger partial charge in [0.2, 0.25) is 5.95 Å². The fourth-order valence-corrected chi connectivity index (χ4v) is 2.52. The molecule has 0 fully saturated rings. The van der Waals surface area contributed by atoms with Crippen molar-refractivity contribution in [3.63, 3.8) is 0 Å². The second-order valence-electron chi connectivity index (χ2n) is 5.88. The Morgan fingerprint density at radius 1 is 0.846 bits per heavy atom. The molecule has 0 unspecified atom stereocenters. The standard InChI is InChI=1S/C20H22N4O.ClH/c1-14-8-4-6-10-17(14)22-19-12-16(13-25-3)21-20(24-19)23-18-11-7-5-9-15(18)2;/h4-12H,13H2,1-3H3,(H2,21,22,23,24);1H. The maximum absolute atomic E-state index is 5.24. The van der Waals surface area contributed by atoms with Crippen molar-refractivity contribution in [1.29, 1.82) is 0 Å². The van der Waals surface area contributed by atoms with E-state index in [0.717, 1.165) is 34.0 Å². The molecule has 0 radical (unpaired) electrons. The molecule has 3 aromatic rings. The molecular weight excluding hydrogens is 348 g/mol. The SMILES string of the molecule is COCc1cc(Nc2ccccc2C)nc(Nc2ccccc2C)n1.Cl. The van der Waals surface area contributed by atoms with Crippen LogP contribution in [0.1, 0.15) is 16.8 Å². The van der Waals surface area contributed by atoms with Crippen LogP contribution in [-0.4, -0.2) is 17.1 Å². The van der Waals surface area contributed by atoms with Crippen molar-refractivity contribution >= 4 is 35.5 Å². The summed E-state index contributed by atoms with van der Waals surface area (Å²) in [6.07, 6.45) is 0. The molecule has 0 bridgehead atoms. The number of rotatable bonds is 6. The summed E-state index contributed by atoms with van der Waals surface area (Å²) in [5, 5.41) is 6.66. The average molecular weight is 371 g/mol. The van der Waals surface area contributed by atoms with E-state index in [1.807, 2.05) is 55.5 Å². The molecular formula is C20H23ClN4O. The molecule has 1 aromatic heterocycles. The van der Waals surface area contributed by atoms with Gasteiger partial charge < -0.3 is 15.4 Å². The van der Waals surface area contributed by atoms with Crippen molar-refractivity contribution in [1.82, 2.24) is 9.97 Å². The minimum absolute atomic E-state index is 0. The van der Waals surface area contributed by atoms with Gasteiger partial charge in [-0.15, -0.1) is 12.4 Å². The quantitative estimate of drug-likeness (QED) is 0.628. The molecule has 0 atom stereocenters. The molecule has 2 N–H and O–H groups in total. The zero-order valence-corrected chi connectivity index (χ0v) is 15.9. The predicted octanol–water partition coefficient (Wildman–Crippen LogP) is 5.15. The molecule has 0 saturated carbocycles. The normalized spacial score (nSPS) is 10.1. The van der Waals surface area contributed by atoms with Crippen LogP contribution in [-0.2, 0) is 11.3 Å². The highest BCUT2D eigenvalue weighted by Crippen LogP contribution is 2.23. The number of para-hydroxylation sites is 2. The van der Waals surface area contributed by atoms with Gasteiger partial charge in [-0.3, -0.25) is 0 Å². The zero-order valence-electron chi connectivity index (χ0n) is 15.1. The Kier molecular flexibility index (Phi) is 6.95. The van der Waals surface area contributed by atoms with Gasteiger partial charge in [-0.2, -0.15) is 4.98 Å². The van der Waals surface area contributed by atoms with Crippen LogP contribution in [0.5, 0.6) is 0 Å². The van der Waals surface area contributed by atoms with E-state index >= 15 is 0 Å². The van der Waals surface area contributed by atoms with E-state index in [1.165, 1.54) is 0 Å². The Labute approximate surface area is 160 Å². The number of hydrogen-bond acceptors (Lipinski definition) is 5. The summed E-state index contributed by atoms with van der Waals surface area (Å²) in [7, 11) is 1.66. The molecule has 1 heterocycles.